The fraction of sp³-hybridized carbons (Fsp3) is 0.533. The van der Waals surface area contributed by atoms with Gasteiger partial charge in [0.2, 0.25) is 5.91 Å². The third kappa shape index (κ3) is 1.63. The fourth-order valence-corrected chi connectivity index (χ4v) is 5.01. The number of hydrogen-bond donors (Lipinski definition) is 1. The summed E-state index contributed by atoms with van der Waals surface area (Å²) in [6.07, 6.45) is 4.15. The summed E-state index contributed by atoms with van der Waals surface area (Å²) in [7, 11) is 0. The van der Waals surface area contributed by atoms with Gasteiger partial charge in [0.15, 0.2) is 0 Å². The van der Waals surface area contributed by atoms with Crippen LogP contribution in [-0.4, -0.2) is 5.91 Å². The molecule has 4 unspecified atom stereocenters. The maximum atomic E-state index is 12.3. The minimum atomic E-state index is 0.267. The standard InChI is InChI=1S/C15H16INO/c16-10-2-1-3-11(7-10)17-15(18)14-12-8-4-5-9(6-8)13(12)14/h1-3,7-9,12-14H,4-6H2,(H,17,18). The average molecular weight is 353 g/mol. The van der Waals surface area contributed by atoms with Gasteiger partial charge in [0.25, 0.3) is 0 Å². The van der Waals surface area contributed by atoms with Gasteiger partial charge in [-0.25, -0.2) is 0 Å². The van der Waals surface area contributed by atoms with E-state index in [1.54, 1.807) is 0 Å². The molecule has 3 aliphatic carbocycles. The number of carbonyl (C=O) groups is 1. The SMILES string of the molecule is O=C(Nc1cccc(I)c1)C1C2C3CCC(C3)C12. The van der Waals surface area contributed by atoms with Crippen LogP contribution in [-0.2, 0) is 4.79 Å². The summed E-state index contributed by atoms with van der Waals surface area (Å²) in [4.78, 5) is 12.3. The Morgan fingerprint density at radius 1 is 1.22 bits per heavy atom. The highest BCUT2D eigenvalue weighted by atomic mass is 127. The zero-order valence-electron chi connectivity index (χ0n) is 10.1. The summed E-state index contributed by atoms with van der Waals surface area (Å²) in [5, 5.41) is 3.10. The van der Waals surface area contributed by atoms with Crippen LogP contribution >= 0.6 is 22.6 Å². The average Bonchev–Trinajstić information content (AvgIpc) is 2.79. The van der Waals surface area contributed by atoms with Gasteiger partial charge < -0.3 is 5.32 Å². The maximum Gasteiger partial charge on any atom is 0.228 e. The lowest BCUT2D eigenvalue weighted by Gasteiger charge is -2.09. The second-order valence-electron chi connectivity index (χ2n) is 6.01. The van der Waals surface area contributed by atoms with Gasteiger partial charge >= 0.3 is 0 Å². The first-order valence-corrected chi connectivity index (χ1v) is 7.88. The molecular formula is C15H16INO. The molecule has 2 bridgehead atoms. The fourth-order valence-electron chi connectivity index (χ4n) is 4.47. The van der Waals surface area contributed by atoms with E-state index < -0.39 is 0 Å². The largest absolute Gasteiger partial charge is 0.326 e. The first-order valence-electron chi connectivity index (χ1n) is 6.80. The summed E-state index contributed by atoms with van der Waals surface area (Å²) in [6.45, 7) is 0. The Kier molecular flexibility index (Phi) is 2.47. The topological polar surface area (TPSA) is 29.1 Å². The van der Waals surface area contributed by atoms with Gasteiger partial charge in [-0.2, -0.15) is 0 Å². The number of halogens is 1. The number of hydrogen-bond acceptors (Lipinski definition) is 1. The smallest absolute Gasteiger partial charge is 0.228 e. The molecular weight excluding hydrogens is 337 g/mol. The molecule has 94 valence electrons. The van der Waals surface area contributed by atoms with E-state index in [0.29, 0.717) is 5.92 Å². The summed E-state index contributed by atoms with van der Waals surface area (Å²) in [5.74, 6) is 3.79. The van der Waals surface area contributed by atoms with Gasteiger partial charge in [-0.05, 0) is 83.7 Å². The molecule has 0 aliphatic heterocycles. The molecule has 2 nitrogen and oxygen atoms in total. The lowest BCUT2D eigenvalue weighted by Crippen LogP contribution is -2.18. The molecule has 3 aliphatic rings. The quantitative estimate of drug-likeness (QED) is 0.810. The third-order valence-electron chi connectivity index (χ3n) is 5.13. The Balaban J connectivity index is 1.47. The van der Waals surface area contributed by atoms with Gasteiger partial charge in [-0.3, -0.25) is 4.79 Å². The molecule has 3 saturated carbocycles. The Bertz CT molecular complexity index is 499. The molecule has 4 atom stereocenters. The van der Waals surface area contributed by atoms with Crippen molar-refractivity contribution < 1.29 is 4.79 Å². The van der Waals surface area contributed by atoms with E-state index in [1.165, 1.54) is 22.8 Å². The van der Waals surface area contributed by atoms with Gasteiger partial charge in [0.05, 0.1) is 0 Å². The first kappa shape index (κ1) is 11.3. The van der Waals surface area contributed by atoms with E-state index >= 15 is 0 Å². The van der Waals surface area contributed by atoms with Gasteiger partial charge in [-0.1, -0.05) is 6.07 Å². The molecule has 3 heteroatoms. The number of benzene rings is 1. The van der Waals surface area contributed by atoms with Crippen molar-refractivity contribution >= 4 is 34.2 Å². The van der Waals surface area contributed by atoms with Crippen molar-refractivity contribution in [3.63, 3.8) is 0 Å². The third-order valence-corrected chi connectivity index (χ3v) is 5.80. The van der Waals surface area contributed by atoms with Gasteiger partial charge in [-0.15, -0.1) is 0 Å². The minimum Gasteiger partial charge on any atom is -0.326 e. The molecule has 1 aromatic rings. The van der Waals surface area contributed by atoms with E-state index in [1.807, 2.05) is 24.3 Å². The highest BCUT2D eigenvalue weighted by Gasteiger charge is 2.67. The van der Waals surface area contributed by atoms with Crippen molar-refractivity contribution in [2.45, 2.75) is 19.3 Å². The molecule has 1 amide bonds. The molecule has 0 heterocycles. The highest BCUT2D eigenvalue weighted by molar-refractivity contribution is 14.1. The summed E-state index contributed by atoms with van der Waals surface area (Å²) in [6, 6.07) is 8.05. The molecule has 0 spiro atoms. The Morgan fingerprint density at radius 3 is 2.61 bits per heavy atom. The molecule has 1 aromatic carbocycles. The van der Waals surface area contributed by atoms with Gasteiger partial charge in [0.1, 0.15) is 0 Å². The van der Waals surface area contributed by atoms with Crippen LogP contribution < -0.4 is 5.32 Å². The van der Waals surface area contributed by atoms with E-state index in [2.05, 4.69) is 27.9 Å². The molecule has 1 N–H and O–H groups in total. The van der Waals surface area contributed by atoms with Crippen LogP contribution in [0, 0.1) is 33.2 Å². The van der Waals surface area contributed by atoms with Crippen LogP contribution in [0.5, 0.6) is 0 Å². The number of fused-ring (bicyclic) bond motifs is 5. The number of carbonyl (C=O) groups excluding carboxylic acids is 1. The molecule has 18 heavy (non-hydrogen) atoms. The monoisotopic (exact) mass is 353 g/mol. The van der Waals surface area contributed by atoms with Crippen LogP contribution in [0.25, 0.3) is 0 Å². The normalized spacial score (nSPS) is 39.5. The zero-order valence-corrected chi connectivity index (χ0v) is 12.3. The van der Waals surface area contributed by atoms with Crippen molar-refractivity contribution in [1.29, 1.82) is 0 Å². The number of anilines is 1. The van der Waals surface area contributed by atoms with E-state index in [9.17, 15) is 4.79 Å². The predicted octanol–water partition coefficient (Wildman–Crippen LogP) is 3.52. The van der Waals surface area contributed by atoms with Crippen molar-refractivity contribution in [3.05, 3.63) is 27.8 Å². The lowest BCUT2D eigenvalue weighted by atomic mass is 10.0. The Morgan fingerprint density at radius 2 is 1.94 bits per heavy atom. The summed E-state index contributed by atoms with van der Waals surface area (Å²) >= 11 is 2.28. The number of amides is 1. The molecule has 0 saturated heterocycles. The number of nitrogens with one attached hydrogen (secondary N) is 1. The van der Waals surface area contributed by atoms with Crippen molar-refractivity contribution in [1.82, 2.24) is 0 Å². The summed E-state index contributed by atoms with van der Waals surface area (Å²) in [5.41, 5.74) is 0.948. The Hall–Kier alpha value is -0.580. The van der Waals surface area contributed by atoms with E-state index in [0.717, 1.165) is 29.4 Å². The van der Waals surface area contributed by atoms with Crippen LogP contribution in [0.4, 0.5) is 5.69 Å². The maximum absolute atomic E-state index is 12.3. The lowest BCUT2D eigenvalue weighted by molar-refractivity contribution is -0.118. The van der Waals surface area contributed by atoms with Crippen LogP contribution in [0.2, 0.25) is 0 Å². The van der Waals surface area contributed by atoms with E-state index in [-0.39, 0.29) is 5.91 Å². The summed E-state index contributed by atoms with van der Waals surface area (Å²) < 4.78 is 1.17. The van der Waals surface area contributed by atoms with Crippen molar-refractivity contribution in [2.24, 2.45) is 29.6 Å². The molecule has 4 rings (SSSR count). The second kappa shape index (κ2) is 3.95. The highest BCUT2D eigenvalue weighted by Crippen LogP contribution is 2.69. The zero-order chi connectivity index (χ0) is 12.3. The molecule has 3 fully saturated rings. The van der Waals surface area contributed by atoms with Crippen LogP contribution in [0.15, 0.2) is 24.3 Å². The second-order valence-corrected chi connectivity index (χ2v) is 7.26. The van der Waals surface area contributed by atoms with Gasteiger partial charge in [0, 0.05) is 15.2 Å². The number of rotatable bonds is 2. The van der Waals surface area contributed by atoms with E-state index in [4.69, 9.17) is 0 Å². The molecule has 0 radical (unpaired) electrons. The van der Waals surface area contributed by atoms with Crippen LogP contribution in [0.1, 0.15) is 19.3 Å². The van der Waals surface area contributed by atoms with Crippen LogP contribution in [0.3, 0.4) is 0 Å². The van der Waals surface area contributed by atoms with Crippen molar-refractivity contribution in [3.8, 4) is 0 Å². The first-order chi connectivity index (χ1) is 8.74. The minimum absolute atomic E-state index is 0.267. The predicted molar refractivity (Wildman–Crippen MR) is 79.1 cm³/mol. The Labute approximate surface area is 121 Å². The van der Waals surface area contributed by atoms with Crippen molar-refractivity contribution in [2.75, 3.05) is 5.32 Å². The molecule has 0 aromatic heterocycles.